The second-order valence-corrected chi connectivity index (χ2v) is 8.34. The van der Waals surface area contributed by atoms with Crippen molar-refractivity contribution in [3.63, 3.8) is 0 Å². The van der Waals surface area contributed by atoms with Crippen LogP contribution in [0.3, 0.4) is 0 Å². The van der Waals surface area contributed by atoms with E-state index in [1.807, 2.05) is 6.92 Å². The van der Waals surface area contributed by atoms with Gasteiger partial charge < -0.3 is 19.5 Å². The van der Waals surface area contributed by atoms with E-state index in [4.69, 9.17) is 9.47 Å². The summed E-state index contributed by atoms with van der Waals surface area (Å²) < 4.78 is 24.1. The van der Waals surface area contributed by atoms with E-state index in [2.05, 4.69) is 4.98 Å². The van der Waals surface area contributed by atoms with Crippen LogP contribution in [-0.4, -0.2) is 54.3 Å². The molecule has 3 rings (SSSR count). The van der Waals surface area contributed by atoms with Gasteiger partial charge in [-0.25, -0.2) is 9.37 Å². The van der Waals surface area contributed by atoms with Gasteiger partial charge in [0.1, 0.15) is 17.2 Å². The fraction of sp³-hybridized carbons (Fsp3) is 0.524. The minimum absolute atomic E-state index is 0.0565. The third kappa shape index (κ3) is 5.32. The summed E-state index contributed by atoms with van der Waals surface area (Å²) in [7, 11) is 1.50. The highest BCUT2D eigenvalue weighted by Gasteiger charge is 2.36. The van der Waals surface area contributed by atoms with Crippen molar-refractivity contribution >= 4 is 17.2 Å². The molecule has 1 aromatic carbocycles. The van der Waals surface area contributed by atoms with Gasteiger partial charge in [0, 0.05) is 37.9 Å². The number of hydrogen-bond acceptors (Lipinski definition) is 6. The predicted molar refractivity (Wildman–Crippen MR) is 109 cm³/mol. The Kier molecular flexibility index (Phi) is 7.21. The lowest BCUT2D eigenvalue weighted by Gasteiger charge is -2.24. The molecule has 1 amide bonds. The van der Waals surface area contributed by atoms with Crippen molar-refractivity contribution in [2.45, 2.75) is 38.2 Å². The fourth-order valence-corrected chi connectivity index (χ4v) is 4.66. The molecule has 29 heavy (non-hydrogen) atoms. The number of halogens is 1. The largest absolute Gasteiger partial charge is 0.490 e. The molecule has 1 aliphatic rings. The zero-order chi connectivity index (χ0) is 20.9. The molecule has 0 bridgehead atoms. The third-order valence-corrected chi connectivity index (χ3v) is 6.56. The lowest BCUT2D eigenvalue weighted by molar-refractivity contribution is -0.135. The number of aliphatic hydroxyl groups is 1. The summed E-state index contributed by atoms with van der Waals surface area (Å²) in [5, 5.41) is 11.9. The average Bonchev–Trinajstić information content (AvgIpc) is 2.95. The maximum atomic E-state index is 13.7. The number of hydrogen-bond donors (Lipinski definition) is 1. The van der Waals surface area contributed by atoms with Gasteiger partial charge in [-0.2, -0.15) is 0 Å². The van der Waals surface area contributed by atoms with E-state index in [0.717, 1.165) is 10.6 Å². The van der Waals surface area contributed by atoms with E-state index in [1.54, 1.807) is 23.1 Å². The molecule has 6 nitrogen and oxygen atoms in total. The molecule has 8 heteroatoms. The van der Waals surface area contributed by atoms with Gasteiger partial charge in [-0.1, -0.05) is 12.1 Å². The Labute approximate surface area is 174 Å². The van der Waals surface area contributed by atoms with Crippen molar-refractivity contribution in [2.75, 3.05) is 33.4 Å². The summed E-state index contributed by atoms with van der Waals surface area (Å²) >= 11 is 1.47. The van der Waals surface area contributed by atoms with E-state index >= 15 is 0 Å². The molecule has 1 aliphatic heterocycles. The molecule has 0 aliphatic carbocycles. The molecule has 1 unspecified atom stereocenters. The highest BCUT2D eigenvalue weighted by atomic mass is 32.1. The van der Waals surface area contributed by atoms with Crippen molar-refractivity contribution in [3.05, 3.63) is 45.7 Å². The van der Waals surface area contributed by atoms with Crippen LogP contribution in [0.15, 0.2) is 24.3 Å². The van der Waals surface area contributed by atoms with Crippen LogP contribution >= 0.6 is 11.3 Å². The number of rotatable bonds is 7. The van der Waals surface area contributed by atoms with E-state index < -0.39 is 5.60 Å². The molecule has 0 spiro atoms. The van der Waals surface area contributed by atoms with Crippen molar-refractivity contribution in [2.24, 2.45) is 0 Å². The number of nitrogens with zero attached hydrogens (tertiary/aromatic N) is 2. The number of likely N-dealkylation sites (tertiary alicyclic amines) is 1. The van der Waals surface area contributed by atoms with Crippen molar-refractivity contribution in [3.8, 4) is 5.75 Å². The number of aryl methyl sites for hydroxylation is 1. The maximum absolute atomic E-state index is 13.7. The van der Waals surface area contributed by atoms with Gasteiger partial charge in [0.2, 0.25) is 5.91 Å². The molecule has 1 atom stereocenters. The summed E-state index contributed by atoms with van der Waals surface area (Å²) in [5.74, 6) is -0.203. The number of carbonyl (C=O) groups is 1. The molecule has 158 valence electrons. The van der Waals surface area contributed by atoms with E-state index in [9.17, 15) is 14.3 Å². The second kappa shape index (κ2) is 9.65. The summed E-state index contributed by atoms with van der Waals surface area (Å²) in [6.45, 7) is 3.39. The fourth-order valence-electron chi connectivity index (χ4n) is 3.47. The van der Waals surface area contributed by atoms with Gasteiger partial charge in [0.25, 0.3) is 0 Å². The molecule has 1 N–H and O–H groups in total. The van der Waals surface area contributed by atoms with Crippen LogP contribution in [0.2, 0.25) is 0 Å². The lowest BCUT2D eigenvalue weighted by atomic mass is 9.96. The first-order valence-corrected chi connectivity index (χ1v) is 10.6. The number of thiazole rings is 1. The molecular formula is C21H27FN2O4S. The van der Waals surface area contributed by atoms with Crippen molar-refractivity contribution in [1.29, 1.82) is 0 Å². The topological polar surface area (TPSA) is 71.9 Å². The van der Waals surface area contributed by atoms with Crippen LogP contribution < -0.4 is 4.74 Å². The van der Waals surface area contributed by atoms with Crippen molar-refractivity contribution in [1.82, 2.24) is 9.88 Å². The van der Waals surface area contributed by atoms with Crippen LogP contribution in [0.4, 0.5) is 4.39 Å². The van der Waals surface area contributed by atoms with E-state index in [-0.39, 0.29) is 24.1 Å². The van der Waals surface area contributed by atoms with Crippen LogP contribution in [0.25, 0.3) is 0 Å². The highest BCUT2D eigenvalue weighted by molar-refractivity contribution is 7.11. The van der Waals surface area contributed by atoms with Gasteiger partial charge in [-0.3, -0.25) is 4.79 Å². The Morgan fingerprint density at radius 3 is 2.90 bits per heavy atom. The first kappa shape index (κ1) is 21.7. The molecule has 2 heterocycles. The standard InChI is InChI=1S/C21H27FN2O4S/c1-15-18(8-13-28-17-7-4-3-6-16(17)22)29-20(23-15)21(26)9-5-11-24(12-10-21)19(25)14-27-2/h3-4,6-7,26H,5,8-14H2,1-2H3. The normalized spacial score (nSPS) is 19.8. The smallest absolute Gasteiger partial charge is 0.248 e. The van der Waals surface area contributed by atoms with Gasteiger partial charge in [0.15, 0.2) is 11.6 Å². The number of para-hydroxylation sites is 1. The Hall–Kier alpha value is -2.03. The first-order valence-electron chi connectivity index (χ1n) is 9.76. The van der Waals surface area contributed by atoms with Crippen LogP contribution in [0, 0.1) is 12.7 Å². The number of methoxy groups -OCH3 is 1. The van der Waals surface area contributed by atoms with Crippen LogP contribution in [-0.2, 0) is 21.6 Å². The van der Waals surface area contributed by atoms with Crippen LogP contribution in [0.1, 0.15) is 34.8 Å². The highest BCUT2D eigenvalue weighted by Crippen LogP contribution is 2.36. The molecule has 0 radical (unpaired) electrons. The number of aromatic nitrogens is 1. The summed E-state index contributed by atoms with van der Waals surface area (Å²) in [4.78, 5) is 19.4. The summed E-state index contributed by atoms with van der Waals surface area (Å²) in [5.41, 5.74) is -0.186. The zero-order valence-corrected chi connectivity index (χ0v) is 17.6. The monoisotopic (exact) mass is 422 g/mol. The molecule has 1 fully saturated rings. The number of carbonyl (C=O) groups excluding carboxylic acids is 1. The quantitative estimate of drug-likeness (QED) is 0.743. The van der Waals surface area contributed by atoms with Crippen molar-refractivity contribution < 1.29 is 23.8 Å². The molecule has 0 saturated carbocycles. The lowest BCUT2D eigenvalue weighted by Crippen LogP contribution is -2.35. The number of amides is 1. The predicted octanol–water partition coefficient (Wildman–Crippen LogP) is 3.06. The minimum Gasteiger partial charge on any atom is -0.490 e. The Bertz CT molecular complexity index is 844. The molecular weight excluding hydrogens is 395 g/mol. The van der Waals surface area contributed by atoms with Gasteiger partial charge >= 0.3 is 0 Å². The summed E-state index contributed by atoms with van der Waals surface area (Å²) in [6.07, 6.45) is 2.30. The average molecular weight is 423 g/mol. The SMILES string of the molecule is COCC(=O)N1CCCC(O)(c2nc(C)c(CCOc3ccccc3F)s2)CC1. The Morgan fingerprint density at radius 2 is 2.14 bits per heavy atom. The maximum Gasteiger partial charge on any atom is 0.248 e. The van der Waals surface area contributed by atoms with E-state index in [1.165, 1.54) is 24.5 Å². The number of ether oxygens (including phenoxy) is 2. The Morgan fingerprint density at radius 1 is 1.34 bits per heavy atom. The third-order valence-electron chi connectivity index (χ3n) is 5.15. The molecule has 1 saturated heterocycles. The Balaban J connectivity index is 1.62. The minimum atomic E-state index is -1.04. The van der Waals surface area contributed by atoms with Gasteiger partial charge in [-0.15, -0.1) is 11.3 Å². The van der Waals surface area contributed by atoms with E-state index in [0.29, 0.717) is 50.4 Å². The molecule has 2 aromatic rings. The molecule has 1 aromatic heterocycles. The van der Waals surface area contributed by atoms with Gasteiger partial charge in [0.05, 0.1) is 12.3 Å². The second-order valence-electron chi connectivity index (χ2n) is 7.26. The summed E-state index contributed by atoms with van der Waals surface area (Å²) in [6, 6.07) is 6.33. The van der Waals surface area contributed by atoms with Crippen LogP contribution in [0.5, 0.6) is 5.75 Å². The number of benzene rings is 1. The van der Waals surface area contributed by atoms with Gasteiger partial charge in [-0.05, 0) is 31.9 Å². The first-order chi connectivity index (χ1) is 13.9. The zero-order valence-electron chi connectivity index (χ0n) is 16.8.